The van der Waals surface area contributed by atoms with Crippen LogP contribution in [0.5, 0.6) is 11.5 Å². The van der Waals surface area contributed by atoms with Gasteiger partial charge in [-0.25, -0.2) is 0 Å². The zero-order chi connectivity index (χ0) is 23.8. The Labute approximate surface area is 191 Å². The van der Waals surface area contributed by atoms with Crippen molar-refractivity contribution in [2.24, 2.45) is 0 Å². The summed E-state index contributed by atoms with van der Waals surface area (Å²) < 4.78 is 10.8. The van der Waals surface area contributed by atoms with E-state index in [9.17, 15) is 14.4 Å². The van der Waals surface area contributed by atoms with Crippen molar-refractivity contribution in [2.45, 2.75) is 13.3 Å². The van der Waals surface area contributed by atoms with Crippen molar-refractivity contribution < 1.29 is 23.9 Å². The fraction of sp³-hybridized carbons (Fsp3) is 0.160. The molecule has 0 spiro atoms. The molecule has 8 heteroatoms. The predicted molar refractivity (Wildman–Crippen MR) is 127 cm³/mol. The Balaban J connectivity index is 1.74. The maximum Gasteiger partial charge on any atom is 0.255 e. The van der Waals surface area contributed by atoms with E-state index in [-0.39, 0.29) is 24.1 Å². The van der Waals surface area contributed by atoms with Crippen molar-refractivity contribution in [3.63, 3.8) is 0 Å². The Morgan fingerprint density at radius 3 is 1.88 bits per heavy atom. The first kappa shape index (κ1) is 23.3. The third-order valence-electron chi connectivity index (χ3n) is 4.72. The molecule has 3 aromatic rings. The lowest BCUT2D eigenvalue weighted by atomic mass is 10.1. The highest BCUT2D eigenvalue weighted by Crippen LogP contribution is 2.36. The molecule has 0 bridgehead atoms. The third-order valence-corrected chi connectivity index (χ3v) is 4.72. The van der Waals surface area contributed by atoms with Crippen LogP contribution in [-0.4, -0.2) is 31.9 Å². The lowest BCUT2D eigenvalue weighted by Gasteiger charge is -2.16. The van der Waals surface area contributed by atoms with Gasteiger partial charge in [0.25, 0.3) is 5.91 Å². The topological polar surface area (TPSA) is 106 Å². The molecule has 3 rings (SSSR count). The average molecular weight is 447 g/mol. The summed E-state index contributed by atoms with van der Waals surface area (Å²) in [5.41, 5.74) is 2.76. The molecular formula is C25H25N3O5. The normalized spacial score (nSPS) is 10.2. The molecule has 170 valence electrons. The molecule has 0 saturated carbocycles. The summed E-state index contributed by atoms with van der Waals surface area (Å²) in [5.74, 6) is 0.0210. The van der Waals surface area contributed by atoms with Crippen molar-refractivity contribution in [2.75, 3.05) is 30.2 Å². The van der Waals surface area contributed by atoms with Crippen LogP contribution in [0, 0.1) is 0 Å². The summed E-state index contributed by atoms with van der Waals surface area (Å²) >= 11 is 0. The van der Waals surface area contributed by atoms with Gasteiger partial charge in [-0.05, 0) is 29.8 Å². The molecule has 3 amide bonds. The van der Waals surface area contributed by atoms with Gasteiger partial charge < -0.3 is 25.4 Å². The smallest absolute Gasteiger partial charge is 0.255 e. The van der Waals surface area contributed by atoms with E-state index in [1.54, 1.807) is 60.7 Å². The highest BCUT2D eigenvalue weighted by atomic mass is 16.5. The summed E-state index contributed by atoms with van der Waals surface area (Å²) in [6.07, 6.45) is 0.123. The van der Waals surface area contributed by atoms with Gasteiger partial charge in [0.05, 0.1) is 32.0 Å². The molecule has 8 nitrogen and oxygen atoms in total. The SMILES string of the molecule is COc1cc(NC(=O)c2ccccc2)c(OC)cc1NC(=O)Cc1ccc(NC(C)=O)cc1. The van der Waals surface area contributed by atoms with E-state index < -0.39 is 0 Å². The van der Waals surface area contributed by atoms with E-state index in [4.69, 9.17) is 9.47 Å². The van der Waals surface area contributed by atoms with E-state index in [0.29, 0.717) is 34.1 Å². The van der Waals surface area contributed by atoms with Gasteiger partial charge in [-0.15, -0.1) is 0 Å². The first-order valence-electron chi connectivity index (χ1n) is 10.2. The minimum atomic E-state index is -0.296. The second-order valence-corrected chi connectivity index (χ2v) is 7.18. The summed E-state index contributed by atoms with van der Waals surface area (Å²) in [4.78, 5) is 36.3. The number of methoxy groups -OCH3 is 2. The van der Waals surface area contributed by atoms with Crippen LogP contribution >= 0.6 is 0 Å². The summed E-state index contributed by atoms with van der Waals surface area (Å²) in [5, 5.41) is 8.30. The van der Waals surface area contributed by atoms with Gasteiger partial charge >= 0.3 is 0 Å². The van der Waals surface area contributed by atoms with Crippen molar-refractivity contribution in [3.05, 3.63) is 77.9 Å². The van der Waals surface area contributed by atoms with Crippen molar-refractivity contribution in [1.82, 2.24) is 0 Å². The van der Waals surface area contributed by atoms with E-state index in [1.165, 1.54) is 21.1 Å². The molecule has 0 heterocycles. The number of rotatable bonds is 8. The molecule has 0 aliphatic heterocycles. The van der Waals surface area contributed by atoms with Crippen LogP contribution in [0.1, 0.15) is 22.8 Å². The highest BCUT2D eigenvalue weighted by Gasteiger charge is 2.16. The molecule has 3 aromatic carbocycles. The summed E-state index contributed by atoms with van der Waals surface area (Å²) in [6, 6.07) is 19.0. The number of amides is 3. The van der Waals surface area contributed by atoms with Gasteiger partial charge in [0.1, 0.15) is 11.5 Å². The van der Waals surface area contributed by atoms with Gasteiger partial charge in [-0.1, -0.05) is 30.3 Å². The number of anilines is 3. The van der Waals surface area contributed by atoms with E-state index in [1.807, 2.05) is 6.07 Å². The van der Waals surface area contributed by atoms with Crippen LogP contribution in [0.4, 0.5) is 17.1 Å². The van der Waals surface area contributed by atoms with Gasteiger partial charge in [0.15, 0.2) is 0 Å². The standard InChI is InChI=1S/C25H25N3O5/c1-16(29)26-19-11-9-17(10-12-19)13-24(30)27-20-14-23(33-3)21(15-22(20)32-2)28-25(31)18-7-5-4-6-8-18/h4-12,14-15H,13H2,1-3H3,(H,26,29)(H,27,30)(H,28,31). The molecule has 0 radical (unpaired) electrons. The fourth-order valence-corrected chi connectivity index (χ4v) is 3.17. The lowest BCUT2D eigenvalue weighted by Crippen LogP contribution is -2.16. The molecule has 0 aromatic heterocycles. The van der Waals surface area contributed by atoms with Gasteiger partial charge in [0.2, 0.25) is 11.8 Å². The highest BCUT2D eigenvalue weighted by molar-refractivity contribution is 6.05. The zero-order valence-electron chi connectivity index (χ0n) is 18.6. The predicted octanol–water partition coefficient (Wildman–Crippen LogP) is 4.10. The van der Waals surface area contributed by atoms with Gasteiger partial charge in [0, 0.05) is 30.3 Å². The number of hydrogen-bond donors (Lipinski definition) is 3. The maximum absolute atomic E-state index is 12.6. The molecule has 0 aliphatic carbocycles. The number of hydrogen-bond acceptors (Lipinski definition) is 5. The molecule has 33 heavy (non-hydrogen) atoms. The minimum absolute atomic E-state index is 0.123. The molecule has 0 saturated heterocycles. The monoisotopic (exact) mass is 447 g/mol. The maximum atomic E-state index is 12.6. The van der Waals surface area contributed by atoms with Crippen LogP contribution in [-0.2, 0) is 16.0 Å². The van der Waals surface area contributed by atoms with E-state index in [2.05, 4.69) is 16.0 Å². The Morgan fingerprint density at radius 2 is 1.33 bits per heavy atom. The van der Waals surface area contributed by atoms with Crippen molar-refractivity contribution >= 4 is 34.8 Å². The van der Waals surface area contributed by atoms with E-state index >= 15 is 0 Å². The minimum Gasteiger partial charge on any atom is -0.494 e. The van der Waals surface area contributed by atoms with Crippen LogP contribution < -0.4 is 25.4 Å². The average Bonchev–Trinajstić information content (AvgIpc) is 2.81. The Morgan fingerprint density at radius 1 is 0.758 bits per heavy atom. The lowest BCUT2D eigenvalue weighted by molar-refractivity contribution is -0.116. The second-order valence-electron chi connectivity index (χ2n) is 7.18. The molecule has 0 unspecified atom stereocenters. The first-order valence-corrected chi connectivity index (χ1v) is 10.2. The van der Waals surface area contributed by atoms with Crippen LogP contribution in [0.15, 0.2) is 66.7 Å². The molecule has 0 fully saturated rings. The molecule has 0 atom stereocenters. The number of nitrogens with one attached hydrogen (secondary N) is 3. The number of carbonyl (C=O) groups excluding carboxylic acids is 3. The summed E-state index contributed by atoms with van der Waals surface area (Å²) in [6.45, 7) is 1.43. The largest absolute Gasteiger partial charge is 0.494 e. The van der Waals surface area contributed by atoms with Crippen LogP contribution in [0.2, 0.25) is 0 Å². The van der Waals surface area contributed by atoms with Crippen molar-refractivity contribution in [3.8, 4) is 11.5 Å². The second kappa shape index (κ2) is 10.8. The van der Waals surface area contributed by atoms with E-state index in [0.717, 1.165) is 5.56 Å². The van der Waals surface area contributed by atoms with Crippen LogP contribution in [0.25, 0.3) is 0 Å². The first-order chi connectivity index (χ1) is 15.9. The van der Waals surface area contributed by atoms with Crippen molar-refractivity contribution in [1.29, 1.82) is 0 Å². The molecular weight excluding hydrogens is 422 g/mol. The molecule has 3 N–H and O–H groups in total. The third kappa shape index (κ3) is 6.33. The fourth-order valence-electron chi connectivity index (χ4n) is 3.17. The Hall–Kier alpha value is -4.33. The van der Waals surface area contributed by atoms with Crippen LogP contribution in [0.3, 0.4) is 0 Å². The molecule has 0 aliphatic rings. The Kier molecular flexibility index (Phi) is 7.64. The quantitative estimate of drug-likeness (QED) is 0.482. The van der Waals surface area contributed by atoms with Gasteiger partial charge in [-0.2, -0.15) is 0 Å². The van der Waals surface area contributed by atoms with Gasteiger partial charge in [-0.3, -0.25) is 14.4 Å². The number of ether oxygens (including phenoxy) is 2. The number of carbonyl (C=O) groups is 3. The zero-order valence-corrected chi connectivity index (χ0v) is 18.6. The Bertz CT molecular complexity index is 1140. The number of benzene rings is 3. The summed E-state index contributed by atoms with van der Waals surface area (Å²) in [7, 11) is 2.95.